The van der Waals surface area contributed by atoms with Gasteiger partial charge in [0, 0.05) is 21.7 Å². The Labute approximate surface area is 221 Å². The first-order valence-electron chi connectivity index (χ1n) is 11.5. The molecule has 0 atom stereocenters. The number of amides is 1. The fourth-order valence-corrected chi connectivity index (χ4v) is 4.02. The number of carbonyl (C=O) groups excluding carboxylic acids is 1. The van der Waals surface area contributed by atoms with Gasteiger partial charge in [-0.1, -0.05) is 47.2 Å². The fraction of sp³-hybridized carbons (Fsp3) is 0.333. The molecule has 1 aliphatic heterocycles. The van der Waals surface area contributed by atoms with E-state index in [-0.39, 0.29) is 11.6 Å². The van der Waals surface area contributed by atoms with Crippen LogP contribution in [0.5, 0.6) is 5.75 Å². The number of rotatable bonds is 6. The first-order valence-corrected chi connectivity index (χ1v) is 12.3. The van der Waals surface area contributed by atoms with Gasteiger partial charge in [0.2, 0.25) is 0 Å². The van der Waals surface area contributed by atoms with Gasteiger partial charge in [0.05, 0.1) is 43.6 Å². The molecule has 1 saturated heterocycles. The van der Waals surface area contributed by atoms with Crippen molar-refractivity contribution >= 4 is 29.1 Å². The first-order chi connectivity index (χ1) is 17.2. The Morgan fingerprint density at radius 2 is 1.92 bits per heavy atom. The van der Waals surface area contributed by atoms with Gasteiger partial charge in [-0.25, -0.2) is 4.68 Å². The van der Waals surface area contributed by atoms with Crippen LogP contribution in [-0.2, 0) is 4.74 Å². The normalized spacial score (nSPS) is 13.5. The summed E-state index contributed by atoms with van der Waals surface area (Å²) >= 11 is 12.8. The topological polar surface area (TPSA) is 77.4 Å². The van der Waals surface area contributed by atoms with Crippen LogP contribution in [0.2, 0.25) is 10.0 Å². The highest BCUT2D eigenvalue weighted by Crippen LogP contribution is 2.37. The Bertz CT molecular complexity index is 1310. The van der Waals surface area contributed by atoms with E-state index in [0.717, 1.165) is 24.3 Å². The summed E-state index contributed by atoms with van der Waals surface area (Å²) < 4.78 is 12.5. The lowest BCUT2D eigenvalue weighted by Crippen LogP contribution is -2.45. The number of benzene rings is 2. The highest BCUT2D eigenvalue weighted by molar-refractivity contribution is 6.32. The van der Waals surface area contributed by atoms with Gasteiger partial charge in [-0.3, -0.25) is 10.1 Å². The molecule has 1 aliphatic rings. The van der Waals surface area contributed by atoms with E-state index in [9.17, 15) is 4.79 Å². The molecule has 0 bridgehead atoms. The molecule has 7 nitrogen and oxygen atoms in total. The predicted molar refractivity (Wildman–Crippen MR) is 142 cm³/mol. The van der Waals surface area contributed by atoms with Crippen molar-refractivity contribution in [2.24, 2.45) is 0 Å². The Morgan fingerprint density at radius 3 is 2.50 bits per heavy atom. The molecule has 36 heavy (non-hydrogen) atoms. The van der Waals surface area contributed by atoms with E-state index in [1.807, 2.05) is 45.0 Å². The Morgan fingerprint density at radius 1 is 1.19 bits per heavy atom. The highest BCUT2D eigenvalue weighted by atomic mass is 35.5. The first kappa shape index (κ1) is 26.1. The maximum Gasteiger partial charge on any atom is 0.276 e. The average Bonchev–Trinajstić information content (AvgIpc) is 3.17. The average molecular weight is 527 g/mol. The van der Waals surface area contributed by atoms with Gasteiger partial charge >= 0.3 is 0 Å². The second-order valence-corrected chi connectivity index (χ2v) is 10.3. The summed E-state index contributed by atoms with van der Waals surface area (Å²) in [7, 11) is 1.51. The quantitative estimate of drug-likeness (QED) is 0.454. The summed E-state index contributed by atoms with van der Waals surface area (Å²) in [4.78, 5) is 13.1. The van der Waals surface area contributed by atoms with Gasteiger partial charge < -0.3 is 14.8 Å². The molecule has 0 aliphatic carbocycles. The third kappa shape index (κ3) is 6.03. The van der Waals surface area contributed by atoms with Crippen LogP contribution in [0.25, 0.3) is 16.9 Å². The minimum absolute atomic E-state index is 0.156. The molecule has 0 radical (unpaired) electrons. The minimum Gasteiger partial charge on any atom is -0.492 e. The smallest absolute Gasteiger partial charge is 0.276 e. The molecule has 9 heteroatoms. The van der Waals surface area contributed by atoms with E-state index in [0.29, 0.717) is 39.8 Å². The molecule has 0 spiro atoms. The third-order valence-electron chi connectivity index (χ3n) is 5.39. The van der Waals surface area contributed by atoms with Crippen molar-refractivity contribution in [1.82, 2.24) is 20.4 Å². The number of carbonyl (C=O) groups is 1. The monoisotopic (exact) mass is 526 g/mol. The SMILES string of the molecule is COc1c(C(=O)NC(C)(C)C)nn(-c2ccc(C#CCNC3COC3)cc2Cl)c1-c1ccc(Cl)cc1. The molecule has 1 fully saturated rings. The maximum absolute atomic E-state index is 13.1. The highest BCUT2D eigenvalue weighted by Gasteiger charge is 2.28. The van der Waals surface area contributed by atoms with Gasteiger partial charge in [-0.2, -0.15) is 5.10 Å². The third-order valence-corrected chi connectivity index (χ3v) is 5.95. The van der Waals surface area contributed by atoms with Crippen molar-refractivity contribution in [3.63, 3.8) is 0 Å². The van der Waals surface area contributed by atoms with Crippen molar-refractivity contribution in [3.05, 3.63) is 63.8 Å². The van der Waals surface area contributed by atoms with Crippen LogP contribution in [0.15, 0.2) is 42.5 Å². The van der Waals surface area contributed by atoms with Gasteiger partial charge in [0.1, 0.15) is 5.69 Å². The summed E-state index contributed by atoms with van der Waals surface area (Å²) in [5, 5.41) is 11.9. The Balaban J connectivity index is 1.74. The van der Waals surface area contributed by atoms with Crippen LogP contribution in [0, 0.1) is 11.8 Å². The van der Waals surface area contributed by atoms with Crippen molar-refractivity contribution in [2.75, 3.05) is 26.9 Å². The van der Waals surface area contributed by atoms with E-state index >= 15 is 0 Å². The lowest BCUT2D eigenvalue weighted by Gasteiger charge is -2.25. The Hall–Kier alpha value is -3.02. The maximum atomic E-state index is 13.1. The molecule has 1 aromatic heterocycles. The van der Waals surface area contributed by atoms with E-state index < -0.39 is 5.54 Å². The van der Waals surface area contributed by atoms with E-state index in [2.05, 4.69) is 27.6 Å². The fourth-order valence-electron chi connectivity index (χ4n) is 3.63. The van der Waals surface area contributed by atoms with Crippen LogP contribution in [0.1, 0.15) is 36.8 Å². The number of hydrogen-bond acceptors (Lipinski definition) is 5. The van der Waals surface area contributed by atoms with Gasteiger partial charge in [0.15, 0.2) is 11.4 Å². The van der Waals surface area contributed by atoms with Crippen molar-refractivity contribution in [3.8, 4) is 34.5 Å². The second kappa shape index (κ2) is 10.9. The summed E-state index contributed by atoms with van der Waals surface area (Å²) in [6.45, 7) is 7.72. The number of ether oxygens (including phenoxy) is 2. The molecule has 188 valence electrons. The molecule has 0 saturated carbocycles. The van der Waals surface area contributed by atoms with E-state index in [1.165, 1.54) is 7.11 Å². The van der Waals surface area contributed by atoms with Gasteiger partial charge in [0.25, 0.3) is 5.91 Å². The molecule has 2 heterocycles. The molecule has 0 unspecified atom stereocenters. The van der Waals surface area contributed by atoms with E-state index in [4.69, 9.17) is 32.7 Å². The number of nitrogens with one attached hydrogen (secondary N) is 2. The molecule has 2 N–H and O–H groups in total. The number of methoxy groups -OCH3 is 1. The van der Waals surface area contributed by atoms with Crippen molar-refractivity contribution < 1.29 is 14.3 Å². The van der Waals surface area contributed by atoms with Gasteiger partial charge in [-0.15, -0.1) is 0 Å². The van der Waals surface area contributed by atoms with Crippen molar-refractivity contribution in [2.45, 2.75) is 32.4 Å². The number of nitrogens with zero attached hydrogens (tertiary/aromatic N) is 2. The standard InChI is InChI=1S/C27H28Cl2N4O3/c1-27(2,3)31-26(34)23-25(35-4)24(18-8-10-19(28)11-9-18)33(32-23)22-12-7-17(14-21(22)29)6-5-13-30-20-15-36-16-20/h7-12,14,20,30H,13,15-16H2,1-4H3,(H,31,34). The predicted octanol–water partition coefficient (Wildman–Crippen LogP) is 4.72. The molecular weight excluding hydrogens is 499 g/mol. The molecule has 2 aromatic carbocycles. The minimum atomic E-state index is -0.454. The number of hydrogen-bond donors (Lipinski definition) is 2. The number of halogens is 2. The number of aromatic nitrogens is 2. The molecule has 3 aromatic rings. The van der Waals surface area contributed by atoms with E-state index in [1.54, 1.807) is 22.9 Å². The zero-order valence-electron chi connectivity index (χ0n) is 20.6. The zero-order valence-corrected chi connectivity index (χ0v) is 22.1. The summed E-state index contributed by atoms with van der Waals surface area (Å²) in [5.74, 6) is 6.21. The Kier molecular flexibility index (Phi) is 7.91. The summed E-state index contributed by atoms with van der Waals surface area (Å²) in [6.07, 6.45) is 0. The molecular formula is C27H28Cl2N4O3. The lowest BCUT2D eigenvalue weighted by molar-refractivity contribution is -0.00322. The summed E-state index contributed by atoms with van der Waals surface area (Å²) in [5.41, 5.74) is 2.41. The van der Waals surface area contributed by atoms with Crippen LogP contribution in [0.3, 0.4) is 0 Å². The molecule has 1 amide bonds. The van der Waals surface area contributed by atoms with Crippen LogP contribution in [0.4, 0.5) is 0 Å². The van der Waals surface area contributed by atoms with Crippen LogP contribution in [-0.4, -0.2) is 54.1 Å². The lowest BCUT2D eigenvalue weighted by atomic mass is 10.1. The largest absolute Gasteiger partial charge is 0.492 e. The van der Waals surface area contributed by atoms with Crippen molar-refractivity contribution in [1.29, 1.82) is 0 Å². The van der Waals surface area contributed by atoms with Crippen LogP contribution < -0.4 is 15.4 Å². The second-order valence-electron chi connectivity index (χ2n) is 9.44. The van der Waals surface area contributed by atoms with Crippen LogP contribution >= 0.6 is 23.2 Å². The molecule has 4 rings (SSSR count). The summed E-state index contributed by atoms with van der Waals surface area (Å²) in [6, 6.07) is 13.1. The zero-order chi connectivity index (χ0) is 25.9. The van der Waals surface area contributed by atoms with Gasteiger partial charge in [-0.05, 0) is 51.1 Å².